The fourth-order valence-electron chi connectivity index (χ4n) is 6.20. The van der Waals surface area contributed by atoms with E-state index >= 15 is 0 Å². The number of fused-ring (bicyclic) bond motifs is 8. The van der Waals surface area contributed by atoms with Crippen molar-refractivity contribution in [3.8, 4) is 0 Å². The van der Waals surface area contributed by atoms with Gasteiger partial charge < -0.3 is 4.74 Å². The van der Waals surface area contributed by atoms with Crippen LogP contribution in [0.25, 0.3) is 0 Å². The summed E-state index contributed by atoms with van der Waals surface area (Å²) in [6, 6.07) is 22.2. The Labute approximate surface area is 225 Å². The number of carbonyl (C=O) groups is 2. The summed E-state index contributed by atoms with van der Waals surface area (Å²) in [5.74, 6) is -1.84. The van der Waals surface area contributed by atoms with Crippen LogP contribution in [0.5, 0.6) is 0 Å². The maximum Gasteiger partial charge on any atom is 0.240 e. The number of imide groups is 1. The number of ether oxygens (including phenoxy) is 1. The first-order chi connectivity index (χ1) is 17.5. The zero-order chi connectivity index (χ0) is 24.7. The fraction of sp³-hybridized carbons (Fsp3) is 0.222. The second kappa shape index (κ2) is 8.15. The quantitative estimate of drug-likeness (QED) is 0.380. The first kappa shape index (κ1) is 22.5. The summed E-state index contributed by atoms with van der Waals surface area (Å²) >= 11 is 16.4. The second-order valence-electron chi connectivity index (χ2n) is 9.39. The number of rotatable bonds is 3. The molecule has 180 valence electrons. The fourth-order valence-corrected chi connectivity index (χ4v) is 6.86. The molecule has 4 aliphatic heterocycles. The minimum absolute atomic E-state index is 0.222. The third kappa shape index (κ3) is 3.03. The summed E-state index contributed by atoms with van der Waals surface area (Å²) in [5, 5.41) is 7.78. The van der Waals surface area contributed by atoms with Gasteiger partial charge in [0.25, 0.3) is 0 Å². The van der Waals surface area contributed by atoms with Gasteiger partial charge in [-0.25, -0.2) is 4.90 Å². The molecule has 6 unspecified atom stereocenters. The summed E-state index contributed by atoms with van der Waals surface area (Å²) in [5.41, 5.74) is 2.89. The van der Waals surface area contributed by atoms with Crippen LogP contribution in [0.15, 0.2) is 82.4 Å². The van der Waals surface area contributed by atoms with E-state index in [1.807, 2.05) is 59.6 Å². The standard InChI is InChI=1S/C27H18BrCl2N3O3/c28-13-9-11-14(12-10-13)32-26(34)18-19(27(32)35)25-23-20(24(18)36-25)22(16-7-4-8-17(29)21(16)30)31-33(23)15-5-2-1-3-6-15/h1-12,18-20,23-25H. The number of anilines is 2. The molecule has 3 aromatic carbocycles. The molecular weight excluding hydrogens is 565 g/mol. The van der Waals surface area contributed by atoms with Crippen molar-refractivity contribution < 1.29 is 14.3 Å². The molecule has 3 aromatic rings. The average molecular weight is 583 g/mol. The van der Waals surface area contributed by atoms with E-state index in [1.54, 1.807) is 18.2 Å². The molecule has 0 aliphatic carbocycles. The maximum absolute atomic E-state index is 13.7. The van der Waals surface area contributed by atoms with E-state index < -0.39 is 24.0 Å². The third-order valence-corrected chi connectivity index (χ3v) is 8.97. The number of nitrogens with zero attached hydrogens (tertiary/aromatic N) is 3. The van der Waals surface area contributed by atoms with Crippen LogP contribution in [0, 0.1) is 17.8 Å². The Morgan fingerprint density at radius 2 is 1.47 bits per heavy atom. The van der Waals surface area contributed by atoms with Crippen molar-refractivity contribution in [2.45, 2.75) is 18.2 Å². The molecule has 6 nitrogen and oxygen atoms in total. The zero-order valence-corrected chi connectivity index (χ0v) is 21.7. The Kier molecular flexibility index (Phi) is 5.09. The maximum atomic E-state index is 13.7. The molecule has 0 saturated carbocycles. The Morgan fingerprint density at radius 1 is 0.778 bits per heavy atom. The smallest absolute Gasteiger partial charge is 0.240 e. The highest BCUT2D eigenvalue weighted by Gasteiger charge is 2.72. The van der Waals surface area contributed by atoms with Crippen LogP contribution in [0.3, 0.4) is 0 Å². The second-order valence-corrected chi connectivity index (χ2v) is 11.1. The van der Waals surface area contributed by atoms with E-state index in [0.717, 1.165) is 15.9 Å². The predicted molar refractivity (Wildman–Crippen MR) is 141 cm³/mol. The first-order valence-corrected chi connectivity index (χ1v) is 13.2. The third-order valence-electron chi connectivity index (χ3n) is 7.63. The Hall–Kier alpha value is -2.71. The van der Waals surface area contributed by atoms with E-state index in [4.69, 9.17) is 33.0 Å². The van der Waals surface area contributed by atoms with E-state index in [9.17, 15) is 9.59 Å². The summed E-state index contributed by atoms with van der Waals surface area (Å²) in [4.78, 5) is 28.7. The summed E-state index contributed by atoms with van der Waals surface area (Å²) in [6.45, 7) is 0. The molecule has 6 atom stereocenters. The molecule has 0 N–H and O–H groups in total. The highest BCUT2D eigenvalue weighted by Crippen LogP contribution is 2.57. The molecule has 2 bridgehead atoms. The van der Waals surface area contributed by atoms with Crippen LogP contribution in [-0.2, 0) is 14.3 Å². The number of carbonyl (C=O) groups excluding carboxylic acids is 2. The zero-order valence-electron chi connectivity index (χ0n) is 18.6. The Balaban J connectivity index is 1.34. The number of hydrazone groups is 1. The molecule has 0 radical (unpaired) electrons. The van der Waals surface area contributed by atoms with Crippen LogP contribution < -0.4 is 9.91 Å². The predicted octanol–water partition coefficient (Wildman–Crippen LogP) is 5.55. The van der Waals surface area contributed by atoms with E-state index in [2.05, 4.69) is 15.9 Å². The van der Waals surface area contributed by atoms with Crippen molar-refractivity contribution in [3.63, 3.8) is 0 Å². The Morgan fingerprint density at radius 3 is 2.19 bits per heavy atom. The minimum Gasteiger partial charge on any atom is -0.370 e. The normalized spacial score (nSPS) is 30.1. The van der Waals surface area contributed by atoms with Gasteiger partial charge in [-0.05, 0) is 42.5 Å². The van der Waals surface area contributed by atoms with Crippen molar-refractivity contribution >= 4 is 68.0 Å². The Bertz CT molecular complexity index is 1450. The summed E-state index contributed by atoms with van der Waals surface area (Å²) in [7, 11) is 0. The van der Waals surface area contributed by atoms with Gasteiger partial charge in [0.1, 0.15) is 0 Å². The molecule has 0 spiro atoms. The minimum atomic E-state index is -0.578. The molecule has 4 aliphatic rings. The number of hydrogen-bond donors (Lipinski definition) is 0. The van der Waals surface area contributed by atoms with Gasteiger partial charge in [0.15, 0.2) is 0 Å². The van der Waals surface area contributed by atoms with Crippen LogP contribution in [0.1, 0.15) is 5.56 Å². The summed E-state index contributed by atoms with van der Waals surface area (Å²) < 4.78 is 7.33. The summed E-state index contributed by atoms with van der Waals surface area (Å²) in [6.07, 6.45) is -0.981. The van der Waals surface area contributed by atoms with Crippen LogP contribution in [0.2, 0.25) is 10.0 Å². The number of amides is 2. The molecule has 3 saturated heterocycles. The first-order valence-electron chi connectivity index (χ1n) is 11.6. The number of halogens is 3. The number of benzene rings is 3. The molecule has 4 heterocycles. The molecule has 3 fully saturated rings. The van der Waals surface area contributed by atoms with Gasteiger partial charge in [-0.2, -0.15) is 5.10 Å². The van der Waals surface area contributed by atoms with Gasteiger partial charge in [-0.3, -0.25) is 14.6 Å². The van der Waals surface area contributed by atoms with E-state index in [0.29, 0.717) is 21.3 Å². The van der Waals surface area contributed by atoms with Crippen LogP contribution in [-0.4, -0.2) is 35.8 Å². The van der Waals surface area contributed by atoms with Gasteiger partial charge in [-0.15, -0.1) is 0 Å². The van der Waals surface area contributed by atoms with Gasteiger partial charge in [0.05, 0.1) is 63.1 Å². The average Bonchev–Trinajstić information content (AvgIpc) is 3.62. The molecule has 7 rings (SSSR count). The van der Waals surface area contributed by atoms with Gasteiger partial charge in [0.2, 0.25) is 11.8 Å². The van der Waals surface area contributed by atoms with Gasteiger partial charge in [0, 0.05) is 10.0 Å². The van der Waals surface area contributed by atoms with Crippen molar-refractivity contribution in [3.05, 3.63) is 92.9 Å². The van der Waals surface area contributed by atoms with E-state index in [-0.39, 0.29) is 23.8 Å². The van der Waals surface area contributed by atoms with Gasteiger partial charge in [-0.1, -0.05) is 69.5 Å². The molecule has 2 amide bonds. The molecule has 36 heavy (non-hydrogen) atoms. The van der Waals surface area contributed by atoms with E-state index in [1.165, 1.54) is 4.90 Å². The highest BCUT2D eigenvalue weighted by atomic mass is 79.9. The monoisotopic (exact) mass is 581 g/mol. The molecule has 9 heteroatoms. The lowest BCUT2D eigenvalue weighted by Crippen LogP contribution is -2.50. The van der Waals surface area contributed by atoms with Crippen molar-refractivity contribution in [2.24, 2.45) is 22.9 Å². The highest BCUT2D eigenvalue weighted by molar-refractivity contribution is 9.10. The molecule has 0 aromatic heterocycles. The molecular formula is C27H18BrCl2N3O3. The topological polar surface area (TPSA) is 62.2 Å². The van der Waals surface area contributed by atoms with Crippen molar-refractivity contribution in [2.75, 3.05) is 9.91 Å². The van der Waals surface area contributed by atoms with Crippen molar-refractivity contribution in [1.29, 1.82) is 0 Å². The largest absolute Gasteiger partial charge is 0.370 e. The number of hydrogen-bond acceptors (Lipinski definition) is 5. The lowest BCUT2D eigenvalue weighted by atomic mass is 9.70. The lowest BCUT2D eigenvalue weighted by molar-refractivity contribution is -0.125. The van der Waals surface area contributed by atoms with Crippen LogP contribution >= 0.6 is 39.1 Å². The lowest BCUT2D eigenvalue weighted by Gasteiger charge is -2.32. The van der Waals surface area contributed by atoms with Gasteiger partial charge >= 0.3 is 0 Å². The number of para-hydroxylation sites is 1. The van der Waals surface area contributed by atoms with Crippen LogP contribution in [0.4, 0.5) is 11.4 Å². The van der Waals surface area contributed by atoms with Crippen molar-refractivity contribution in [1.82, 2.24) is 0 Å². The SMILES string of the molecule is O=C1C2C3OC(C2C(=O)N1c1ccc(Br)cc1)C1C3C(c2cccc(Cl)c2Cl)=NN1c1ccccc1.